The van der Waals surface area contributed by atoms with Crippen LogP contribution < -0.4 is 5.32 Å². The molecule has 1 N–H and O–H groups in total. The van der Waals surface area contributed by atoms with Gasteiger partial charge in [0.05, 0.1) is 0 Å². The second-order valence-electron chi connectivity index (χ2n) is 4.20. The van der Waals surface area contributed by atoms with Gasteiger partial charge in [0.2, 0.25) is 0 Å². The summed E-state index contributed by atoms with van der Waals surface area (Å²) in [5.74, 6) is -1.06. The fourth-order valence-electron chi connectivity index (χ4n) is 2.00. The minimum Gasteiger partial charge on any atom is -0.313 e. The molecule has 0 bridgehead atoms. The number of likely N-dealkylation sites (N-methyl/N-ethyl adjacent to an activating group) is 1. The van der Waals surface area contributed by atoms with Gasteiger partial charge in [-0.1, -0.05) is 36.4 Å². The van der Waals surface area contributed by atoms with Gasteiger partial charge < -0.3 is 5.32 Å². The summed E-state index contributed by atoms with van der Waals surface area (Å²) in [5.41, 5.74) is 1.60. The molecule has 94 valence electrons. The lowest BCUT2D eigenvalue weighted by Gasteiger charge is -2.17. The quantitative estimate of drug-likeness (QED) is 0.872. The maximum absolute atomic E-state index is 13.7. The summed E-state index contributed by atoms with van der Waals surface area (Å²) in [6.07, 6.45) is 0.667. The first kappa shape index (κ1) is 12.7. The van der Waals surface area contributed by atoms with Crippen molar-refractivity contribution < 1.29 is 8.78 Å². The number of hydrogen-bond acceptors (Lipinski definition) is 1. The Morgan fingerprint density at radius 2 is 1.78 bits per heavy atom. The Balaban J connectivity index is 2.23. The van der Waals surface area contributed by atoms with Crippen molar-refractivity contribution in [1.29, 1.82) is 0 Å². The lowest BCUT2D eigenvalue weighted by Crippen LogP contribution is -2.20. The molecule has 0 saturated heterocycles. The molecular weight excluding hydrogens is 232 g/mol. The Bertz CT molecular complexity index is 511. The highest BCUT2D eigenvalue weighted by Crippen LogP contribution is 2.21. The van der Waals surface area contributed by atoms with Crippen LogP contribution in [0.1, 0.15) is 17.2 Å². The molecule has 0 heterocycles. The molecule has 3 heteroatoms. The van der Waals surface area contributed by atoms with Crippen LogP contribution in [0.4, 0.5) is 8.78 Å². The molecule has 0 aliphatic rings. The highest BCUT2D eigenvalue weighted by Gasteiger charge is 2.14. The molecule has 1 nitrogen and oxygen atoms in total. The number of rotatable bonds is 4. The molecular formula is C15H15F2N. The zero-order valence-corrected chi connectivity index (χ0v) is 10.2. The second kappa shape index (κ2) is 5.74. The zero-order valence-electron chi connectivity index (χ0n) is 10.2. The van der Waals surface area contributed by atoms with E-state index in [1.165, 1.54) is 12.1 Å². The molecule has 1 unspecified atom stereocenters. The minimum absolute atomic E-state index is 0.159. The molecule has 0 saturated carbocycles. The van der Waals surface area contributed by atoms with E-state index >= 15 is 0 Å². The van der Waals surface area contributed by atoms with Crippen molar-refractivity contribution in [2.75, 3.05) is 7.05 Å². The number of hydrogen-bond donors (Lipinski definition) is 1. The number of benzene rings is 2. The van der Waals surface area contributed by atoms with Crippen LogP contribution in [-0.4, -0.2) is 7.05 Å². The van der Waals surface area contributed by atoms with E-state index in [2.05, 4.69) is 5.32 Å². The summed E-state index contributed by atoms with van der Waals surface area (Å²) in [6, 6.07) is 13.4. The van der Waals surface area contributed by atoms with Crippen LogP contribution in [0.25, 0.3) is 0 Å². The van der Waals surface area contributed by atoms with Gasteiger partial charge >= 0.3 is 0 Å². The minimum atomic E-state index is -0.550. The van der Waals surface area contributed by atoms with Crippen LogP contribution in [0.15, 0.2) is 48.5 Å². The first-order valence-corrected chi connectivity index (χ1v) is 5.87. The smallest absolute Gasteiger partial charge is 0.130 e. The van der Waals surface area contributed by atoms with E-state index in [0.29, 0.717) is 12.0 Å². The van der Waals surface area contributed by atoms with Gasteiger partial charge in [0.15, 0.2) is 0 Å². The van der Waals surface area contributed by atoms with E-state index in [1.54, 1.807) is 7.05 Å². The summed E-state index contributed by atoms with van der Waals surface area (Å²) >= 11 is 0. The maximum atomic E-state index is 13.7. The molecule has 18 heavy (non-hydrogen) atoms. The molecule has 0 aliphatic carbocycles. The molecule has 1 atom stereocenters. The van der Waals surface area contributed by atoms with Crippen molar-refractivity contribution in [2.24, 2.45) is 0 Å². The summed E-state index contributed by atoms with van der Waals surface area (Å²) in [5, 5.41) is 3.06. The van der Waals surface area contributed by atoms with Gasteiger partial charge in [0, 0.05) is 17.7 Å². The summed E-state index contributed by atoms with van der Waals surface area (Å²) in [4.78, 5) is 0. The first-order valence-electron chi connectivity index (χ1n) is 5.87. The van der Waals surface area contributed by atoms with Gasteiger partial charge in [-0.3, -0.25) is 0 Å². The Labute approximate surface area is 105 Å². The second-order valence-corrected chi connectivity index (χ2v) is 4.20. The summed E-state index contributed by atoms with van der Waals surface area (Å²) < 4.78 is 26.6. The van der Waals surface area contributed by atoms with Crippen molar-refractivity contribution in [1.82, 2.24) is 5.32 Å². The van der Waals surface area contributed by atoms with Crippen LogP contribution in [0, 0.1) is 11.6 Å². The molecule has 2 rings (SSSR count). The van der Waals surface area contributed by atoms with Crippen molar-refractivity contribution in [3.8, 4) is 0 Å². The Morgan fingerprint density at radius 1 is 1.06 bits per heavy atom. The summed E-state index contributed by atoms with van der Waals surface area (Å²) in [7, 11) is 1.77. The SMILES string of the molecule is CNC(Cc1ccccc1)c1ccc(F)cc1F. The van der Waals surface area contributed by atoms with Gasteiger partial charge in [-0.25, -0.2) is 8.78 Å². The maximum Gasteiger partial charge on any atom is 0.130 e. The average Bonchev–Trinajstić information content (AvgIpc) is 2.38. The Morgan fingerprint density at radius 3 is 2.39 bits per heavy atom. The van der Waals surface area contributed by atoms with E-state index in [-0.39, 0.29) is 6.04 Å². The largest absolute Gasteiger partial charge is 0.313 e. The van der Waals surface area contributed by atoms with Crippen LogP contribution in [0.5, 0.6) is 0 Å². The normalized spacial score (nSPS) is 12.4. The van der Waals surface area contributed by atoms with Crippen molar-refractivity contribution in [2.45, 2.75) is 12.5 Å². The van der Waals surface area contributed by atoms with Crippen LogP contribution in [-0.2, 0) is 6.42 Å². The predicted octanol–water partition coefficient (Wildman–Crippen LogP) is 3.47. The molecule has 2 aromatic rings. The molecule has 2 aromatic carbocycles. The molecule has 0 radical (unpaired) electrons. The van der Waals surface area contributed by atoms with E-state index in [1.807, 2.05) is 30.3 Å². The molecule has 0 aliphatic heterocycles. The van der Waals surface area contributed by atoms with Crippen LogP contribution >= 0.6 is 0 Å². The third-order valence-electron chi connectivity index (χ3n) is 2.97. The standard InChI is InChI=1S/C15H15F2N/c1-18-15(9-11-5-3-2-4-6-11)13-8-7-12(16)10-14(13)17/h2-8,10,15,18H,9H2,1H3. The molecule has 0 amide bonds. The van der Waals surface area contributed by atoms with Crippen LogP contribution in [0.2, 0.25) is 0 Å². The van der Waals surface area contributed by atoms with Crippen molar-refractivity contribution in [3.63, 3.8) is 0 Å². The van der Waals surface area contributed by atoms with Crippen molar-refractivity contribution in [3.05, 3.63) is 71.3 Å². The summed E-state index contributed by atoms with van der Waals surface area (Å²) in [6.45, 7) is 0. The highest BCUT2D eigenvalue weighted by molar-refractivity contribution is 5.25. The third kappa shape index (κ3) is 2.93. The van der Waals surface area contributed by atoms with E-state index in [0.717, 1.165) is 11.6 Å². The lowest BCUT2D eigenvalue weighted by atomic mass is 9.98. The Hall–Kier alpha value is -1.74. The Kier molecular flexibility index (Phi) is 4.05. The van der Waals surface area contributed by atoms with Gasteiger partial charge in [-0.15, -0.1) is 0 Å². The fourth-order valence-corrected chi connectivity index (χ4v) is 2.00. The zero-order chi connectivity index (χ0) is 13.0. The van der Waals surface area contributed by atoms with Crippen LogP contribution in [0.3, 0.4) is 0 Å². The highest BCUT2D eigenvalue weighted by atomic mass is 19.1. The van der Waals surface area contributed by atoms with Gasteiger partial charge in [0.25, 0.3) is 0 Å². The van der Waals surface area contributed by atoms with E-state index < -0.39 is 11.6 Å². The lowest BCUT2D eigenvalue weighted by molar-refractivity contribution is 0.521. The monoisotopic (exact) mass is 247 g/mol. The number of nitrogens with one attached hydrogen (secondary N) is 1. The molecule has 0 fully saturated rings. The fraction of sp³-hybridized carbons (Fsp3) is 0.200. The number of halogens is 2. The van der Waals surface area contributed by atoms with E-state index in [4.69, 9.17) is 0 Å². The topological polar surface area (TPSA) is 12.0 Å². The van der Waals surface area contributed by atoms with E-state index in [9.17, 15) is 8.78 Å². The average molecular weight is 247 g/mol. The molecule has 0 aromatic heterocycles. The molecule has 0 spiro atoms. The van der Waals surface area contributed by atoms with Crippen molar-refractivity contribution >= 4 is 0 Å². The van der Waals surface area contributed by atoms with Gasteiger partial charge in [-0.2, -0.15) is 0 Å². The van der Waals surface area contributed by atoms with Gasteiger partial charge in [-0.05, 0) is 25.1 Å². The first-order chi connectivity index (χ1) is 8.70. The third-order valence-corrected chi connectivity index (χ3v) is 2.97. The van der Waals surface area contributed by atoms with Gasteiger partial charge in [0.1, 0.15) is 11.6 Å². The predicted molar refractivity (Wildman–Crippen MR) is 68.3 cm³/mol.